The molecule has 0 aliphatic carbocycles. The first-order valence-corrected chi connectivity index (χ1v) is 9.76. The molecule has 0 fully saturated rings. The Morgan fingerprint density at radius 2 is 1.96 bits per heavy atom. The highest BCUT2D eigenvalue weighted by molar-refractivity contribution is 7.89. The van der Waals surface area contributed by atoms with Gasteiger partial charge < -0.3 is 4.90 Å². The van der Waals surface area contributed by atoms with Crippen LogP contribution < -0.4 is 4.90 Å². The summed E-state index contributed by atoms with van der Waals surface area (Å²) in [5, 5.41) is 10.9. The first-order valence-electron chi connectivity index (χ1n) is 8.32. The number of carbonyl (C=O) groups excluding carboxylic acids is 1. The SMILES string of the molecule is CC1Cc2ccccc2N1C(=O)CN(C)S(=O)(=O)c1cccc([N+](=O)[O-])c1. The molecule has 1 heterocycles. The van der Waals surface area contributed by atoms with Gasteiger partial charge >= 0.3 is 0 Å². The average molecular weight is 389 g/mol. The second kappa shape index (κ2) is 7.09. The number of nitrogens with zero attached hydrogens (tertiary/aromatic N) is 3. The van der Waals surface area contributed by atoms with E-state index in [0.717, 1.165) is 21.6 Å². The summed E-state index contributed by atoms with van der Waals surface area (Å²) in [6.45, 7) is 1.55. The molecule has 3 rings (SSSR count). The number of sulfonamides is 1. The highest BCUT2D eigenvalue weighted by Gasteiger charge is 2.33. The molecule has 1 amide bonds. The molecule has 0 spiro atoms. The van der Waals surface area contributed by atoms with Crippen molar-refractivity contribution < 1.29 is 18.1 Å². The summed E-state index contributed by atoms with van der Waals surface area (Å²) < 4.78 is 26.4. The number of carbonyl (C=O) groups is 1. The van der Waals surface area contributed by atoms with Gasteiger partial charge in [-0.05, 0) is 31.0 Å². The fourth-order valence-corrected chi connectivity index (χ4v) is 4.40. The van der Waals surface area contributed by atoms with Crippen LogP contribution in [0.15, 0.2) is 53.4 Å². The third-order valence-corrected chi connectivity index (χ3v) is 6.37. The van der Waals surface area contributed by atoms with Crippen molar-refractivity contribution in [2.24, 2.45) is 0 Å². The number of para-hydroxylation sites is 1. The molecular formula is C18H19N3O5S. The number of non-ortho nitro benzene ring substituents is 1. The van der Waals surface area contributed by atoms with E-state index in [9.17, 15) is 23.3 Å². The second-order valence-electron chi connectivity index (χ2n) is 6.46. The van der Waals surface area contributed by atoms with Crippen LogP contribution in [0.5, 0.6) is 0 Å². The zero-order valence-electron chi connectivity index (χ0n) is 14.9. The Balaban J connectivity index is 1.82. The van der Waals surface area contributed by atoms with E-state index in [2.05, 4.69) is 0 Å². The number of anilines is 1. The number of amides is 1. The largest absolute Gasteiger partial charge is 0.308 e. The molecule has 8 nitrogen and oxygen atoms in total. The van der Waals surface area contributed by atoms with Crippen LogP contribution in [0.3, 0.4) is 0 Å². The molecule has 0 saturated heterocycles. The first-order chi connectivity index (χ1) is 12.7. The Kier molecular flexibility index (Phi) is 4.99. The maximum Gasteiger partial charge on any atom is 0.270 e. The van der Waals surface area contributed by atoms with E-state index in [-0.39, 0.29) is 29.1 Å². The Bertz CT molecular complexity index is 1010. The lowest BCUT2D eigenvalue weighted by atomic mass is 10.1. The summed E-state index contributed by atoms with van der Waals surface area (Å²) in [6, 6.07) is 12.2. The first kappa shape index (κ1) is 19.0. The average Bonchev–Trinajstić information content (AvgIpc) is 2.97. The second-order valence-corrected chi connectivity index (χ2v) is 8.51. The lowest BCUT2D eigenvalue weighted by Crippen LogP contribution is -2.43. The summed E-state index contributed by atoms with van der Waals surface area (Å²) in [5.74, 6) is -0.344. The molecule has 0 radical (unpaired) electrons. The van der Waals surface area contributed by atoms with Gasteiger partial charge in [0, 0.05) is 30.9 Å². The quantitative estimate of drug-likeness (QED) is 0.576. The van der Waals surface area contributed by atoms with Crippen molar-refractivity contribution in [1.29, 1.82) is 0 Å². The molecule has 1 atom stereocenters. The molecule has 27 heavy (non-hydrogen) atoms. The van der Waals surface area contributed by atoms with Crippen molar-refractivity contribution in [1.82, 2.24) is 4.31 Å². The van der Waals surface area contributed by atoms with Crippen LogP contribution in [0.4, 0.5) is 11.4 Å². The van der Waals surface area contributed by atoms with Crippen LogP contribution in [0.25, 0.3) is 0 Å². The smallest absolute Gasteiger partial charge is 0.270 e. The molecule has 0 N–H and O–H groups in total. The van der Waals surface area contributed by atoms with Gasteiger partial charge in [-0.1, -0.05) is 24.3 Å². The van der Waals surface area contributed by atoms with Crippen molar-refractivity contribution in [2.75, 3.05) is 18.5 Å². The number of rotatable bonds is 5. The summed E-state index contributed by atoms with van der Waals surface area (Å²) >= 11 is 0. The van der Waals surface area contributed by atoms with Crippen molar-refractivity contribution >= 4 is 27.3 Å². The Morgan fingerprint density at radius 3 is 2.67 bits per heavy atom. The fraction of sp³-hybridized carbons (Fsp3) is 0.278. The van der Waals surface area contributed by atoms with Crippen LogP contribution in [0.1, 0.15) is 12.5 Å². The zero-order chi connectivity index (χ0) is 19.8. The minimum atomic E-state index is -4.03. The third-order valence-electron chi connectivity index (χ3n) is 4.57. The number of fused-ring (bicyclic) bond motifs is 1. The highest BCUT2D eigenvalue weighted by Crippen LogP contribution is 2.32. The van der Waals surface area contributed by atoms with Crippen LogP contribution in [-0.2, 0) is 21.2 Å². The lowest BCUT2D eigenvalue weighted by Gasteiger charge is -2.25. The van der Waals surface area contributed by atoms with Crippen molar-refractivity contribution in [3.63, 3.8) is 0 Å². The number of benzene rings is 2. The van der Waals surface area contributed by atoms with Gasteiger partial charge in [0.2, 0.25) is 15.9 Å². The lowest BCUT2D eigenvalue weighted by molar-refractivity contribution is -0.385. The number of hydrogen-bond donors (Lipinski definition) is 0. The van der Waals surface area contributed by atoms with E-state index in [4.69, 9.17) is 0 Å². The predicted molar refractivity (Wildman–Crippen MR) is 100 cm³/mol. The molecule has 1 aliphatic heterocycles. The molecule has 142 valence electrons. The molecule has 0 saturated carbocycles. The van der Waals surface area contributed by atoms with E-state index in [0.29, 0.717) is 6.42 Å². The summed E-state index contributed by atoms with van der Waals surface area (Å²) in [4.78, 5) is 24.4. The molecular weight excluding hydrogens is 370 g/mol. The maximum absolute atomic E-state index is 12.8. The minimum Gasteiger partial charge on any atom is -0.308 e. The van der Waals surface area contributed by atoms with Crippen LogP contribution >= 0.6 is 0 Å². The molecule has 2 aromatic carbocycles. The Hall–Kier alpha value is -2.78. The zero-order valence-corrected chi connectivity index (χ0v) is 15.7. The normalized spacial score (nSPS) is 16.4. The van der Waals surface area contributed by atoms with Crippen molar-refractivity contribution in [2.45, 2.75) is 24.3 Å². The fourth-order valence-electron chi connectivity index (χ4n) is 3.23. The van der Waals surface area contributed by atoms with Crippen molar-refractivity contribution in [3.05, 3.63) is 64.2 Å². The molecule has 0 bridgehead atoms. The standard InChI is InChI=1S/C18H19N3O5S/c1-13-10-14-6-3-4-9-17(14)20(13)18(22)12-19(2)27(25,26)16-8-5-7-15(11-16)21(23)24/h3-9,11,13H,10,12H2,1-2H3. The number of nitro benzene ring substituents is 1. The number of nitro groups is 1. The molecule has 1 aliphatic rings. The molecule has 2 aromatic rings. The maximum atomic E-state index is 12.8. The highest BCUT2D eigenvalue weighted by atomic mass is 32.2. The van der Waals surface area contributed by atoms with Gasteiger partial charge in [-0.2, -0.15) is 4.31 Å². The van der Waals surface area contributed by atoms with Crippen LogP contribution in [0, 0.1) is 10.1 Å². The Labute approximate surface area is 157 Å². The van der Waals surface area contributed by atoms with Gasteiger partial charge in [-0.15, -0.1) is 0 Å². The van der Waals surface area contributed by atoms with Gasteiger partial charge in [0.1, 0.15) is 0 Å². The third kappa shape index (κ3) is 3.56. The minimum absolute atomic E-state index is 0.0659. The molecule has 0 aromatic heterocycles. The van der Waals surface area contributed by atoms with E-state index >= 15 is 0 Å². The van der Waals surface area contributed by atoms with Crippen LogP contribution in [-0.4, -0.2) is 43.2 Å². The van der Waals surface area contributed by atoms with E-state index < -0.39 is 14.9 Å². The van der Waals surface area contributed by atoms with Crippen molar-refractivity contribution in [3.8, 4) is 0 Å². The topological polar surface area (TPSA) is 101 Å². The summed E-state index contributed by atoms with van der Waals surface area (Å²) in [5.41, 5.74) is 1.51. The molecule has 1 unspecified atom stereocenters. The number of hydrogen-bond acceptors (Lipinski definition) is 5. The van der Waals surface area contributed by atoms with Gasteiger partial charge in [0.05, 0.1) is 16.4 Å². The summed E-state index contributed by atoms with van der Waals surface area (Å²) in [7, 11) is -2.74. The predicted octanol–water partition coefficient (Wildman–Crippen LogP) is 2.19. The van der Waals surface area contributed by atoms with Crippen LogP contribution in [0.2, 0.25) is 0 Å². The van der Waals surface area contributed by atoms with Gasteiger partial charge in [-0.3, -0.25) is 14.9 Å². The van der Waals surface area contributed by atoms with Gasteiger partial charge in [0.15, 0.2) is 0 Å². The van der Waals surface area contributed by atoms with Gasteiger partial charge in [0.25, 0.3) is 5.69 Å². The Morgan fingerprint density at radius 1 is 1.26 bits per heavy atom. The van der Waals surface area contributed by atoms with E-state index in [1.807, 2.05) is 31.2 Å². The molecule has 9 heteroatoms. The number of likely N-dealkylation sites (N-methyl/N-ethyl adjacent to an activating group) is 1. The monoisotopic (exact) mass is 389 g/mol. The van der Waals surface area contributed by atoms with E-state index in [1.165, 1.54) is 25.2 Å². The van der Waals surface area contributed by atoms with Gasteiger partial charge in [-0.25, -0.2) is 8.42 Å². The summed E-state index contributed by atoms with van der Waals surface area (Å²) in [6.07, 6.45) is 0.712. The van der Waals surface area contributed by atoms with E-state index in [1.54, 1.807) is 4.90 Å².